The van der Waals surface area contributed by atoms with E-state index < -0.39 is 0 Å². The van der Waals surface area contributed by atoms with Crippen LogP contribution in [-0.2, 0) is 0 Å². The van der Waals surface area contributed by atoms with Crippen LogP contribution in [0.15, 0.2) is 30.6 Å². The van der Waals surface area contributed by atoms with Crippen molar-refractivity contribution in [3.05, 3.63) is 25.6 Å². The van der Waals surface area contributed by atoms with E-state index in [0.717, 1.165) is 4.74 Å². The first-order valence-electron chi connectivity index (χ1n) is 3.38. The van der Waals surface area contributed by atoms with Gasteiger partial charge in [0.15, 0.2) is 4.74 Å². The predicted octanol–water partition coefficient (Wildman–Crippen LogP) is 2.73. The van der Waals surface area contributed by atoms with Crippen LogP contribution in [0.3, 0.4) is 0 Å². The van der Waals surface area contributed by atoms with Crippen molar-refractivity contribution in [2.45, 2.75) is 19.9 Å². The Hall–Kier alpha value is -0.570. The van der Waals surface area contributed by atoms with E-state index in [0.29, 0.717) is 6.04 Å². The second-order valence-electron chi connectivity index (χ2n) is 2.26. The zero-order valence-corrected chi connectivity index (χ0v) is 8.50. The van der Waals surface area contributed by atoms with E-state index in [1.165, 1.54) is 6.20 Å². The quantitative estimate of drug-likeness (QED) is 0.403. The summed E-state index contributed by atoms with van der Waals surface area (Å²) in [4.78, 5) is 5.87. The largest absolute Gasteiger partial charge is 0.325 e. The van der Waals surface area contributed by atoms with Gasteiger partial charge >= 0.3 is 0 Å². The fraction of sp³-hybridized carbons (Fsp3) is 0.375. The molecule has 0 aliphatic heterocycles. The Labute approximate surface area is 76.4 Å². The Balaban J connectivity index is 4.36. The maximum absolute atomic E-state index is 3.97. The molecule has 0 aromatic heterocycles. The normalized spacial score (nSPS) is 11.5. The topological polar surface area (TPSA) is 15.6 Å². The smallest absolute Gasteiger partial charge is 0.177 e. The summed E-state index contributed by atoms with van der Waals surface area (Å²) < 4.78 is 0.734. The molecule has 0 rings (SSSR count). The van der Waals surface area contributed by atoms with Gasteiger partial charge in [0.05, 0.1) is 0 Å². The van der Waals surface area contributed by atoms with E-state index in [2.05, 4.69) is 47.9 Å². The molecule has 0 atom stereocenters. The van der Waals surface area contributed by atoms with Gasteiger partial charge in [0, 0.05) is 12.2 Å². The van der Waals surface area contributed by atoms with Gasteiger partial charge in [-0.3, -0.25) is 0 Å². The van der Waals surface area contributed by atoms with Crippen LogP contribution in [0.1, 0.15) is 13.8 Å². The van der Waals surface area contributed by atoms with Crippen LogP contribution >= 0.6 is 15.9 Å². The number of hydrogen-bond acceptors (Lipinski definition) is 1. The molecule has 0 aromatic carbocycles. The first kappa shape index (κ1) is 10.4. The van der Waals surface area contributed by atoms with Crippen LogP contribution in [0.2, 0.25) is 0 Å². The standard InChI is InChI=1S/C8H13BrN2/c1-5-10-8(9)11(6-2)7(3)4/h5-7H,1-2H2,3-4H3. The Morgan fingerprint density at radius 1 is 1.55 bits per heavy atom. The summed E-state index contributed by atoms with van der Waals surface area (Å²) in [7, 11) is 0. The summed E-state index contributed by atoms with van der Waals surface area (Å²) in [5.41, 5.74) is 0. The van der Waals surface area contributed by atoms with Crippen LogP contribution < -0.4 is 0 Å². The molecule has 0 spiro atoms. The Kier molecular flexibility index (Phi) is 4.86. The molecule has 3 heteroatoms. The van der Waals surface area contributed by atoms with E-state index in [-0.39, 0.29) is 0 Å². The summed E-state index contributed by atoms with van der Waals surface area (Å²) in [5, 5.41) is 0. The second-order valence-corrected chi connectivity index (χ2v) is 2.97. The van der Waals surface area contributed by atoms with Crippen molar-refractivity contribution in [1.29, 1.82) is 0 Å². The minimum Gasteiger partial charge on any atom is -0.325 e. The molecule has 0 amide bonds. The second kappa shape index (κ2) is 5.13. The van der Waals surface area contributed by atoms with Crippen molar-refractivity contribution in [3.8, 4) is 0 Å². The highest BCUT2D eigenvalue weighted by Gasteiger charge is 2.06. The Bertz CT molecular complexity index is 173. The fourth-order valence-corrected chi connectivity index (χ4v) is 1.34. The monoisotopic (exact) mass is 216 g/mol. The lowest BCUT2D eigenvalue weighted by molar-refractivity contribution is 0.469. The van der Waals surface area contributed by atoms with Crippen molar-refractivity contribution in [3.63, 3.8) is 0 Å². The lowest BCUT2D eigenvalue weighted by Gasteiger charge is -2.21. The average molecular weight is 217 g/mol. The van der Waals surface area contributed by atoms with Gasteiger partial charge in [0.2, 0.25) is 0 Å². The first-order valence-corrected chi connectivity index (χ1v) is 4.17. The van der Waals surface area contributed by atoms with Crippen LogP contribution in [-0.4, -0.2) is 15.7 Å². The molecule has 0 aromatic rings. The van der Waals surface area contributed by atoms with Crippen molar-refractivity contribution >= 4 is 20.7 Å². The maximum atomic E-state index is 3.97. The number of rotatable bonds is 3. The van der Waals surface area contributed by atoms with E-state index in [9.17, 15) is 0 Å². The maximum Gasteiger partial charge on any atom is 0.177 e. The Morgan fingerprint density at radius 2 is 2.09 bits per heavy atom. The van der Waals surface area contributed by atoms with Crippen LogP contribution in [0.25, 0.3) is 0 Å². The first-order chi connectivity index (χ1) is 5.13. The molecular formula is C8H13BrN2. The fourth-order valence-electron chi connectivity index (χ4n) is 0.641. The number of amidine groups is 1. The van der Waals surface area contributed by atoms with Gasteiger partial charge < -0.3 is 4.90 Å². The van der Waals surface area contributed by atoms with Crippen molar-refractivity contribution in [2.75, 3.05) is 0 Å². The molecular weight excluding hydrogens is 204 g/mol. The summed E-state index contributed by atoms with van der Waals surface area (Å²) >= 11 is 3.30. The number of aliphatic imine (C=N–C) groups is 1. The highest BCUT2D eigenvalue weighted by atomic mass is 79.9. The van der Waals surface area contributed by atoms with Gasteiger partial charge in [-0.15, -0.1) is 0 Å². The van der Waals surface area contributed by atoms with Gasteiger partial charge in [-0.25, -0.2) is 4.99 Å². The molecule has 0 bridgehead atoms. The van der Waals surface area contributed by atoms with E-state index in [1.807, 2.05) is 4.90 Å². The van der Waals surface area contributed by atoms with E-state index >= 15 is 0 Å². The molecule has 11 heavy (non-hydrogen) atoms. The number of nitrogens with zero attached hydrogens (tertiary/aromatic N) is 2. The predicted molar refractivity (Wildman–Crippen MR) is 53.7 cm³/mol. The summed E-state index contributed by atoms with van der Waals surface area (Å²) in [6.07, 6.45) is 3.21. The number of hydrogen-bond donors (Lipinski definition) is 0. The van der Waals surface area contributed by atoms with E-state index in [1.54, 1.807) is 6.20 Å². The highest BCUT2D eigenvalue weighted by Crippen LogP contribution is 2.05. The molecule has 0 heterocycles. The van der Waals surface area contributed by atoms with Gasteiger partial charge in [-0.05, 0) is 36.0 Å². The Morgan fingerprint density at radius 3 is 2.36 bits per heavy atom. The molecule has 0 fully saturated rings. The number of halogens is 1. The van der Waals surface area contributed by atoms with Crippen molar-refractivity contribution in [2.24, 2.45) is 4.99 Å². The van der Waals surface area contributed by atoms with Crippen LogP contribution in [0, 0.1) is 0 Å². The zero-order valence-electron chi connectivity index (χ0n) is 6.92. The van der Waals surface area contributed by atoms with Crippen LogP contribution in [0.5, 0.6) is 0 Å². The molecule has 0 unspecified atom stereocenters. The minimum atomic E-state index is 0.352. The van der Waals surface area contributed by atoms with Gasteiger partial charge in [0.1, 0.15) is 0 Å². The summed E-state index contributed by atoms with van der Waals surface area (Å²) in [6.45, 7) is 11.3. The molecule has 2 nitrogen and oxygen atoms in total. The lowest BCUT2D eigenvalue weighted by Crippen LogP contribution is -2.27. The molecule has 0 N–H and O–H groups in total. The minimum absolute atomic E-state index is 0.352. The zero-order chi connectivity index (χ0) is 8.85. The SMILES string of the molecule is C=CN=C(Br)N(C=C)C(C)C. The summed E-state index contributed by atoms with van der Waals surface area (Å²) in [5.74, 6) is 0. The molecule has 0 saturated heterocycles. The van der Waals surface area contributed by atoms with Gasteiger partial charge in [-0.1, -0.05) is 13.2 Å². The van der Waals surface area contributed by atoms with Crippen LogP contribution in [0.4, 0.5) is 0 Å². The molecule has 0 radical (unpaired) electrons. The lowest BCUT2D eigenvalue weighted by atomic mass is 10.4. The molecule has 0 aliphatic rings. The third-order valence-corrected chi connectivity index (χ3v) is 1.78. The molecule has 0 saturated carbocycles. The highest BCUT2D eigenvalue weighted by molar-refractivity contribution is 9.18. The average Bonchev–Trinajstić information content (AvgIpc) is 1.88. The third-order valence-electron chi connectivity index (χ3n) is 1.16. The molecule has 62 valence electrons. The molecule has 0 aliphatic carbocycles. The van der Waals surface area contributed by atoms with Crippen molar-refractivity contribution in [1.82, 2.24) is 4.90 Å². The summed E-state index contributed by atoms with van der Waals surface area (Å²) in [6, 6.07) is 0.352. The van der Waals surface area contributed by atoms with Gasteiger partial charge in [-0.2, -0.15) is 0 Å². The third kappa shape index (κ3) is 3.37. The van der Waals surface area contributed by atoms with Crippen molar-refractivity contribution < 1.29 is 0 Å². The van der Waals surface area contributed by atoms with E-state index in [4.69, 9.17) is 0 Å². The van der Waals surface area contributed by atoms with Gasteiger partial charge in [0.25, 0.3) is 0 Å².